The first-order valence-corrected chi connectivity index (χ1v) is 7.54. The molecule has 0 aromatic carbocycles. The van der Waals surface area contributed by atoms with Crippen LogP contribution in [0.15, 0.2) is 4.99 Å². The molecular weight excluding hydrogens is 278 g/mol. The summed E-state index contributed by atoms with van der Waals surface area (Å²) in [6.07, 6.45) is 0.680. The van der Waals surface area contributed by atoms with Crippen LogP contribution in [0.2, 0.25) is 5.04 Å². The van der Waals surface area contributed by atoms with Gasteiger partial charge in [-0.1, -0.05) is 13.8 Å². The Hall–Kier alpha value is -0.416. The largest absolute Gasteiger partial charge is 0.506 e. The lowest BCUT2D eigenvalue weighted by molar-refractivity contribution is 0.0885. The zero-order chi connectivity index (χ0) is 14.6. The van der Waals surface area contributed by atoms with E-state index >= 15 is 0 Å². The van der Waals surface area contributed by atoms with Gasteiger partial charge in [0.15, 0.2) is 5.96 Å². The van der Waals surface area contributed by atoms with Crippen molar-refractivity contribution in [3.63, 3.8) is 0 Å². The number of aliphatic imine (C=N–C) groups is 1. The van der Waals surface area contributed by atoms with Crippen LogP contribution in [0.1, 0.15) is 34.1 Å². The van der Waals surface area contributed by atoms with E-state index in [0.717, 1.165) is 0 Å². The lowest BCUT2D eigenvalue weighted by atomic mass is 9.92. The predicted molar refractivity (Wildman–Crippen MR) is 81.1 cm³/mol. The molecule has 0 saturated carbocycles. The normalized spacial score (nSPS) is 12.8. The van der Waals surface area contributed by atoms with Crippen molar-refractivity contribution in [3.8, 4) is 0 Å². The Bertz CT molecular complexity index is 293. The summed E-state index contributed by atoms with van der Waals surface area (Å²) in [5, 5.41) is -0.312. The molecule has 19 heavy (non-hydrogen) atoms. The monoisotopic (exact) mass is 305 g/mol. The van der Waals surface area contributed by atoms with Gasteiger partial charge in [0.05, 0.1) is 5.54 Å². The molecule has 0 saturated heterocycles. The zero-order valence-electron chi connectivity index (χ0n) is 13.0. The van der Waals surface area contributed by atoms with Crippen molar-refractivity contribution in [3.05, 3.63) is 0 Å². The average molecular weight is 306 g/mol. The molecule has 0 bridgehead atoms. The molecule has 0 aliphatic rings. The molecule has 0 spiro atoms. The van der Waals surface area contributed by atoms with E-state index in [1.54, 1.807) is 21.3 Å². The van der Waals surface area contributed by atoms with Crippen LogP contribution < -0.4 is 11.5 Å². The van der Waals surface area contributed by atoms with Crippen molar-refractivity contribution < 1.29 is 13.3 Å². The van der Waals surface area contributed by atoms with Crippen molar-refractivity contribution in [2.24, 2.45) is 16.5 Å². The second kappa shape index (κ2) is 7.39. The minimum Gasteiger partial charge on any atom is -0.377 e. The van der Waals surface area contributed by atoms with Crippen molar-refractivity contribution >= 4 is 25.7 Å². The van der Waals surface area contributed by atoms with Gasteiger partial charge in [0.25, 0.3) is 0 Å². The number of nitrogens with zero attached hydrogens (tertiary/aromatic N) is 1. The van der Waals surface area contributed by atoms with Crippen molar-refractivity contribution in [2.75, 3.05) is 21.3 Å². The van der Waals surface area contributed by atoms with E-state index in [1.807, 2.05) is 27.7 Å². The first kappa shape index (κ1) is 20.9. The Morgan fingerprint density at radius 2 is 1.37 bits per heavy atom. The molecule has 0 unspecified atom stereocenters. The van der Waals surface area contributed by atoms with Crippen LogP contribution in [0.3, 0.4) is 0 Å². The topological polar surface area (TPSA) is 92.1 Å². The van der Waals surface area contributed by atoms with Crippen LogP contribution >= 0.6 is 0 Å². The van der Waals surface area contributed by atoms with Crippen molar-refractivity contribution in [1.29, 1.82) is 0 Å². The van der Waals surface area contributed by atoms with E-state index in [4.69, 9.17) is 24.7 Å². The molecule has 0 rings (SSSR count). The fourth-order valence-corrected chi connectivity index (χ4v) is 5.46. The summed E-state index contributed by atoms with van der Waals surface area (Å²) in [6.45, 7) is 8.02. The third kappa shape index (κ3) is 5.23. The fourth-order valence-electron chi connectivity index (χ4n) is 2.66. The minimum absolute atomic E-state index is 0. The Morgan fingerprint density at radius 1 is 1.00 bits per heavy atom. The van der Waals surface area contributed by atoms with Gasteiger partial charge in [-0.2, -0.15) is 0 Å². The fraction of sp³-hybridized carbons (Fsp3) is 0.909. The molecule has 0 fully saturated rings. The Balaban J connectivity index is 0. The summed E-state index contributed by atoms with van der Waals surface area (Å²) in [4.78, 5) is 4.24. The number of nitrogens with two attached hydrogens (primary N) is 2. The zero-order valence-corrected chi connectivity index (χ0v) is 15.0. The predicted octanol–water partition coefficient (Wildman–Crippen LogP) is 0.706. The molecule has 0 aliphatic carbocycles. The Kier molecular flexibility index (Phi) is 8.12. The average Bonchev–Trinajstić information content (AvgIpc) is 2.16. The van der Waals surface area contributed by atoms with E-state index in [1.165, 1.54) is 0 Å². The highest BCUT2D eigenvalue weighted by atomic mass is 28.4. The van der Waals surface area contributed by atoms with Crippen LogP contribution in [0.25, 0.3) is 0 Å². The van der Waals surface area contributed by atoms with Gasteiger partial charge in [0.2, 0.25) is 0 Å². The van der Waals surface area contributed by atoms with Gasteiger partial charge >= 0.3 is 8.80 Å². The number of guanidine groups is 1. The van der Waals surface area contributed by atoms with Crippen LogP contribution in [-0.2, 0) is 13.3 Å². The van der Waals surface area contributed by atoms with Crippen molar-refractivity contribution in [2.45, 2.75) is 44.7 Å². The highest BCUT2D eigenvalue weighted by Crippen LogP contribution is 2.45. The minimum atomic E-state index is -2.76. The van der Waals surface area contributed by atoms with Gasteiger partial charge in [0.1, 0.15) is 0 Å². The molecule has 6 nitrogen and oxygen atoms in total. The number of hydrogen-bond acceptors (Lipinski definition) is 4. The molecule has 8 heteroatoms. The summed E-state index contributed by atoms with van der Waals surface area (Å²) in [6, 6.07) is 0. The molecule has 0 aliphatic heterocycles. The van der Waals surface area contributed by atoms with Gasteiger partial charge < -0.3 is 24.7 Å². The summed E-state index contributed by atoms with van der Waals surface area (Å²) >= 11 is 0. The molecule has 112 valence electrons. The van der Waals surface area contributed by atoms with E-state index in [2.05, 4.69) is 4.99 Å². The van der Waals surface area contributed by atoms with Gasteiger partial charge in [-0.05, 0) is 20.3 Å². The van der Waals surface area contributed by atoms with Crippen LogP contribution in [0.4, 0.5) is 0 Å². The maximum absolute atomic E-state index is 5.54. The molecule has 4 N–H and O–H groups in total. The summed E-state index contributed by atoms with van der Waals surface area (Å²) in [7, 11) is 2.06. The number of hydrogen-bond donors (Lipinski definition) is 2. The lowest BCUT2D eigenvalue weighted by Crippen LogP contribution is -2.54. The van der Waals surface area contributed by atoms with E-state index in [-0.39, 0.29) is 22.0 Å². The highest BCUT2D eigenvalue weighted by molar-refractivity contribution is 6.64. The quantitative estimate of drug-likeness (QED) is 0.410. The third-order valence-electron chi connectivity index (χ3n) is 2.94. The Labute approximate surface area is 122 Å². The van der Waals surface area contributed by atoms with Gasteiger partial charge in [-0.15, -0.1) is 0 Å². The molecule has 0 aromatic heterocycles. The number of rotatable bonds is 7. The highest BCUT2D eigenvalue weighted by Gasteiger charge is 2.55. The second-order valence-electron chi connectivity index (χ2n) is 5.58. The SMILES string of the molecule is CO[Si](OC)(OC)C(C)(C)CC(C)(C)N=C(N)N.[Si]. The summed E-state index contributed by atoms with van der Waals surface area (Å²) in [5.74, 6) is 0.0790. The maximum Gasteiger partial charge on any atom is 0.506 e. The van der Waals surface area contributed by atoms with Crippen molar-refractivity contribution in [1.82, 2.24) is 0 Å². The summed E-state index contributed by atoms with van der Waals surface area (Å²) < 4.78 is 16.6. The van der Waals surface area contributed by atoms with Gasteiger partial charge in [-0.3, -0.25) is 0 Å². The third-order valence-corrected chi connectivity index (χ3v) is 6.39. The molecule has 0 atom stereocenters. The van der Waals surface area contributed by atoms with Crippen LogP contribution in [0, 0.1) is 0 Å². The first-order chi connectivity index (χ1) is 8.06. The standard InChI is InChI=1S/C11H27N3O3Si.Si/c1-10(2,14-9(12)13)8-11(3,4)18(15-5,16-6)17-7;/h8H2,1-7H3,(H4,12,13,14);. The summed E-state index contributed by atoms with van der Waals surface area (Å²) in [5.41, 5.74) is 10.5. The molecule has 0 heterocycles. The van der Waals surface area contributed by atoms with E-state index in [0.29, 0.717) is 6.42 Å². The first-order valence-electron chi connectivity index (χ1n) is 5.82. The molecular formula is C11H27N3O3Si2. The van der Waals surface area contributed by atoms with Crippen LogP contribution in [-0.4, -0.2) is 52.6 Å². The second-order valence-corrected chi connectivity index (χ2v) is 9.27. The molecule has 0 aromatic rings. The van der Waals surface area contributed by atoms with E-state index < -0.39 is 14.3 Å². The van der Waals surface area contributed by atoms with Gasteiger partial charge in [-0.25, -0.2) is 4.99 Å². The molecule has 4 radical (unpaired) electrons. The molecule has 0 amide bonds. The van der Waals surface area contributed by atoms with Crippen LogP contribution in [0.5, 0.6) is 0 Å². The van der Waals surface area contributed by atoms with E-state index in [9.17, 15) is 0 Å². The lowest BCUT2D eigenvalue weighted by Gasteiger charge is -2.41. The smallest absolute Gasteiger partial charge is 0.377 e. The Morgan fingerprint density at radius 3 is 1.63 bits per heavy atom. The maximum atomic E-state index is 5.54. The van der Waals surface area contributed by atoms with Gasteiger partial charge in [0, 0.05) is 37.3 Å².